The van der Waals surface area contributed by atoms with Crippen molar-refractivity contribution in [1.82, 2.24) is 20.4 Å². The molecule has 0 saturated carbocycles. The van der Waals surface area contributed by atoms with E-state index in [1.54, 1.807) is 12.0 Å². The van der Waals surface area contributed by atoms with Crippen LogP contribution in [0.5, 0.6) is 0 Å². The van der Waals surface area contributed by atoms with Gasteiger partial charge in [-0.15, -0.1) is 24.8 Å². The maximum atomic E-state index is 12.0. The van der Waals surface area contributed by atoms with E-state index in [0.717, 1.165) is 13.1 Å². The molecular formula is C14H30Cl2N4O3. The van der Waals surface area contributed by atoms with Crippen LogP contribution in [0.3, 0.4) is 0 Å². The first-order chi connectivity index (χ1) is 10.0. The number of ether oxygens (including phenoxy) is 1. The van der Waals surface area contributed by atoms with Gasteiger partial charge in [-0.25, -0.2) is 0 Å². The molecule has 0 bridgehead atoms. The molecule has 2 N–H and O–H groups in total. The molecule has 138 valence electrons. The van der Waals surface area contributed by atoms with Crippen molar-refractivity contribution in [2.45, 2.75) is 6.42 Å². The van der Waals surface area contributed by atoms with Crippen LogP contribution in [0.2, 0.25) is 0 Å². The number of methoxy groups -OCH3 is 1. The molecule has 1 heterocycles. The summed E-state index contributed by atoms with van der Waals surface area (Å²) in [5.41, 5.74) is 0. The van der Waals surface area contributed by atoms with Crippen molar-refractivity contribution < 1.29 is 14.3 Å². The average molecular weight is 373 g/mol. The molecule has 1 atom stereocenters. The standard InChI is InChI=1S/C14H28N4O3.2ClH/c1-17(2)7-8-18-11-12(10-13(18)19)14(20)16-5-4-15-6-9-21-3;;/h12,15H,4-11H2,1-3H3,(H,16,20);2*1H. The first-order valence-corrected chi connectivity index (χ1v) is 7.44. The smallest absolute Gasteiger partial charge is 0.225 e. The van der Waals surface area contributed by atoms with E-state index in [-0.39, 0.29) is 42.5 Å². The Labute approximate surface area is 151 Å². The van der Waals surface area contributed by atoms with Crippen LogP contribution in [0, 0.1) is 5.92 Å². The van der Waals surface area contributed by atoms with Crippen LogP contribution in [0.4, 0.5) is 0 Å². The van der Waals surface area contributed by atoms with Crippen LogP contribution < -0.4 is 10.6 Å². The lowest BCUT2D eigenvalue weighted by Crippen LogP contribution is -2.38. The Balaban J connectivity index is 0. The molecule has 1 saturated heterocycles. The third kappa shape index (κ3) is 9.99. The van der Waals surface area contributed by atoms with Crippen LogP contribution in [0.1, 0.15) is 6.42 Å². The van der Waals surface area contributed by atoms with Gasteiger partial charge in [0.1, 0.15) is 0 Å². The van der Waals surface area contributed by atoms with Crippen LogP contribution in [0.25, 0.3) is 0 Å². The number of likely N-dealkylation sites (tertiary alicyclic amines) is 1. The molecular weight excluding hydrogens is 343 g/mol. The molecule has 1 rings (SSSR count). The van der Waals surface area contributed by atoms with Crippen LogP contribution in [-0.4, -0.2) is 88.7 Å². The van der Waals surface area contributed by atoms with E-state index in [4.69, 9.17) is 4.74 Å². The summed E-state index contributed by atoms with van der Waals surface area (Å²) in [6.45, 7) is 4.76. The molecule has 0 aliphatic carbocycles. The van der Waals surface area contributed by atoms with Crippen molar-refractivity contribution in [3.63, 3.8) is 0 Å². The Bertz CT molecular complexity index is 346. The highest BCUT2D eigenvalue weighted by Crippen LogP contribution is 2.17. The Kier molecular flexibility index (Phi) is 14.8. The number of amides is 2. The summed E-state index contributed by atoms with van der Waals surface area (Å²) in [7, 11) is 5.60. The van der Waals surface area contributed by atoms with Crippen LogP contribution in [0.15, 0.2) is 0 Å². The molecule has 0 aromatic rings. The highest BCUT2D eigenvalue weighted by Gasteiger charge is 2.33. The molecule has 1 unspecified atom stereocenters. The summed E-state index contributed by atoms with van der Waals surface area (Å²) in [5.74, 6) is -0.155. The third-order valence-electron chi connectivity index (χ3n) is 3.49. The van der Waals surface area contributed by atoms with E-state index in [9.17, 15) is 9.59 Å². The Morgan fingerprint density at radius 1 is 1.30 bits per heavy atom. The second-order valence-corrected chi connectivity index (χ2v) is 5.58. The lowest BCUT2D eigenvalue weighted by atomic mass is 10.1. The van der Waals surface area contributed by atoms with Gasteiger partial charge in [0.05, 0.1) is 12.5 Å². The molecule has 1 aliphatic heterocycles. The largest absolute Gasteiger partial charge is 0.383 e. The maximum absolute atomic E-state index is 12.0. The zero-order valence-corrected chi connectivity index (χ0v) is 15.8. The molecule has 2 amide bonds. The van der Waals surface area contributed by atoms with Crippen molar-refractivity contribution in [1.29, 1.82) is 0 Å². The second-order valence-electron chi connectivity index (χ2n) is 5.58. The van der Waals surface area contributed by atoms with Crippen molar-refractivity contribution in [3.05, 3.63) is 0 Å². The Hall–Kier alpha value is -0.600. The number of halogens is 2. The van der Waals surface area contributed by atoms with Gasteiger partial charge >= 0.3 is 0 Å². The first-order valence-electron chi connectivity index (χ1n) is 7.44. The maximum Gasteiger partial charge on any atom is 0.225 e. The van der Waals surface area contributed by atoms with E-state index in [2.05, 4.69) is 10.6 Å². The average Bonchev–Trinajstić information content (AvgIpc) is 2.81. The molecule has 7 nitrogen and oxygen atoms in total. The summed E-state index contributed by atoms with van der Waals surface area (Å²) in [5, 5.41) is 6.04. The van der Waals surface area contributed by atoms with Crippen LogP contribution in [-0.2, 0) is 14.3 Å². The monoisotopic (exact) mass is 372 g/mol. The zero-order chi connectivity index (χ0) is 15.7. The zero-order valence-electron chi connectivity index (χ0n) is 14.2. The van der Waals surface area contributed by atoms with Gasteiger partial charge in [0.25, 0.3) is 0 Å². The lowest BCUT2D eigenvalue weighted by molar-refractivity contribution is -0.129. The molecule has 23 heavy (non-hydrogen) atoms. The van der Waals surface area contributed by atoms with E-state index >= 15 is 0 Å². The molecule has 0 aromatic heterocycles. The number of nitrogens with zero attached hydrogens (tertiary/aromatic N) is 2. The van der Waals surface area contributed by atoms with Gasteiger partial charge in [-0.05, 0) is 14.1 Å². The Morgan fingerprint density at radius 2 is 2.00 bits per heavy atom. The fourth-order valence-electron chi connectivity index (χ4n) is 2.20. The van der Waals surface area contributed by atoms with Crippen molar-refractivity contribution in [2.75, 3.05) is 67.1 Å². The van der Waals surface area contributed by atoms with Gasteiger partial charge in [0.2, 0.25) is 11.8 Å². The SMILES string of the molecule is COCCNCCNC(=O)C1CC(=O)N(CCN(C)C)C1.Cl.Cl. The van der Waals surface area contributed by atoms with Gasteiger partial charge in [0, 0.05) is 52.8 Å². The van der Waals surface area contributed by atoms with Gasteiger partial charge in [-0.3, -0.25) is 9.59 Å². The van der Waals surface area contributed by atoms with E-state index in [0.29, 0.717) is 39.2 Å². The van der Waals surface area contributed by atoms with Gasteiger partial charge < -0.3 is 25.2 Å². The molecule has 1 aliphatic rings. The number of rotatable bonds is 10. The molecule has 9 heteroatoms. The second kappa shape index (κ2) is 13.8. The molecule has 0 aromatic carbocycles. The number of nitrogens with one attached hydrogen (secondary N) is 2. The highest BCUT2D eigenvalue weighted by atomic mass is 35.5. The van der Waals surface area contributed by atoms with Gasteiger partial charge in [0.15, 0.2) is 0 Å². The number of hydrogen-bond acceptors (Lipinski definition) is 5. The predicted molar refractivity (Wildman–Crippen MR) is 95.5 cm³/mol. The lowest BCUT2D eigenvalue weighted by Gasteiger charge is -2.19. The predicted octanol–water partition coefficient (Wildman–Crippen LogP) is -0.408. The number of hydrogen-bond donors (Lipinski definition) is 2. The topological polar surface area (TPSA) is 73.9 Å². The number of carbonyl (C=O) groups excluding carboxylic acids is 2. The van der Waals surface area contributed by atoms with Crippen molar-refractivity contribution in [3.8, 4) is 0 Å². The highest BCUT2D eigenvalue weighted by molar-refractivity contribution is 5.89. The molecule has 0 spiro atoms. The minimum Gasteiger partial charge on any atom is -0.383 e. The van der Waals surface area contributed by atoms with E-state index < -0.39 is 0 Å². The summed E-state index contributed by atoms with van der Waals surface area (Å²) < 4.78 is 4.92. The minimum atomic E-state index is -0.210. The molecule has 1 fully saturated rings. The van der Waals surface area contributed by atoms with Crippen LogP contribution >= 0.6 is 24.8 Å². The number of likely N-dealkylation sites (N-methyl/N-ethyl adjacent to an activating group) is 1. The van der Waals surface area contributed by atoms with E-state index in [1.165, 1.54) is 0 Å². The Morgan fingerprint density at radius 3 is 2.61 bits per heavy atom. The quantitative estimate of drug-likeness (QED) is 0.510. The fourth-order valence-corrected chi connectivity index (χ4v) is 2.20. The summed E-state index contributed by atoms with van der Waals surface area (Å²) in [4.78, 5) is 27.7. The van der Waals surface area contributed by atoms with Crippen molar-refractivity contribution in [2.24, 2.45) is 5.92 Å². The summed E-state index contributed by atoms with van der Waals surface area (Å²) in [6, 6.07) is 0. The summed E-state index contributed by atoms with van der Waals surface area (Å²) >= 11 is 0. The fraction of sp³-hybridized carbons (Fsp3) is 0.857. The first kappa shape index (κ1) is 24.6. The normalized spacial score (nSPS) is 17.0. The van der Waals surface area contributed by atoms with Gasteiger partial charge in [-0.2, -0.15) is 0 Å². The van der Waals surface area contributed by atoms with Crippen molar-refractivity contribution >= 4 is 36.6 Å². The van der Waals surface area contributed by atoms with Gasteiger partial charge in [-0.1, -0.05) is 0 Å². The van der Waals surface area contributed by atoms with E-state index in [1.807, 2.05) is 19.0 Å². The minimum absolute atomic E-state index is 0. The number of carbonyl (C=O) groups is 2. The third-order valence-corrected chi connectivity index (χ3v) is 3.49. The molecule has 0 radical (unpaired) electrons. The summed E-state index contributed by atoms with van der Waals surface area (Å²) in [6.07, 6.45) is 0.330.